The Morgan fingerprint density at radius 1 is 1.18 bits per heavy atom. The molecule has 0 bridgehead atoms. The van der Waals surface area contributed by atoms with Crippen molar-refractivity contribution in [3.05, 3.63) is 54.4 Å². The molecular weight excluding hydrogens is 427 g/mol. The van der Waals surface area contributed by atoms with E-state index in [-0.39, 0.29) is 6.03 Å². The van der Waals surface area contributed by atoms with Crippen LogP contribution in [0.1, 0.15) is 30.9 Å². The Kier molecular flexibility index (Phi) is 4.56. The normalized spacial score (nSPS) is 15.9. The summed E-state index contributed by atoms with van der Waals surface area (Å²) in [6.07, 6.45) is 6.25. The lowest BCUT2D eigenvalue weighted by Crippen LogP contribution is -2.44. The minimum absolute atomic E-state index is 0.364. The molecule has 11 nitrogen and oxygen atoms in total. The van der Waals surface area contributed by atoms with Crippen LogP contribution in [-0.2, 0) is 0 Å². The zero-order valence-corrected chi connectivity index (χ0v) is 17.6. The number of rotatable bonds is 5. The average molecular weight is 448 g/mol. The number of halogens is 1. The van der Waals surface area contributed by atoms with Crippen molar-refractivity contribution in [2.24, 2.45) is 0 Å². The number of amides is 2. The Morgan fingerprint density at radius 2 is 2.09 bits per heavy atom. The minimum atomic E-state index is -0.605. The van der Waals surface area contributed by atoms with E-state index in [1.54, 1.807) is 10.0 Å². The zero-order chi connectivity index (χ0) is 22.4. The number of nitrogens with zero attached hydrogens (tertiary/aromatic N) is 7. The number of pyridine rings is 1. The van der Waals surface area contributed by atoms with Crippen molar-refractivity contribution in [1.29, 1.82) is 0 Å². The van der Waals surface area contributed by atoms with E-state index >= 15 is 0 Å². The Balaban J connectivity index is 1.27. The molecule has 5 heterocycles. The molecule has 2 aliphatic rings. The first-order valence-electron chi connectivity index (χ1n) is 10.8. The fourth-order valence-corrected chi connectivity index (χ4v) is 3.90. The van der Waals surface area contributed by atoms with Gasteiger partial charge in [-0.2, -0.15) is 19.5 Å². The van der Waals surface area contributed by atoms with E-state index in [0.717, 1.165) is 17.9 Å². The van der Waals surface area contributed by atoms with Crippen LogP contribution in [-0.4, -0.2) is 53.7 Å². The highest BCUT2D eigenvalue weighted by molar-refractivity contribution is 5.90. The van der Waals surface area contributed by atoms with Gasteiger partial charge in [0.2, 0.25) is 17.8 Å². The molecule has 4 aromatic rings. The molecule has 4 aromatic heterocycles. The molecule has 6 rings (SSSR count). The highest BCUT2D eigenvalue weighted by Crippen LogP contribution is 2.39. The van der Waals surface area contributed by atoms with Gasteiger partial charge >= 0.3 is 6.03 Å². The number of carbonyl (C=O) groups excluding carboxylic acids is 1. The molecule has 2 fully saturated rings. The topological polar surface area (TPSA) is 119 Å². The quantitative estimate of drug-likeness (QED) is 0.401. The SMILES string of the molecule is O=C(Nc1ccc(F)nc1)N1CCCN1c1nc(Nc2cc(C3CC3)n[nH]2)n2cccc2n1. The number of aromatic amines is 1. The molecule has 12 heteroatoms. The molecule has 0 atom stereocenters. The lowest BCUT2D eigenvalue weighted by atomic mass is 10.3. The molecule has 0 aromatic carbocycles. The van der Waals surface area contributed by atoms with E-state index in [0.29, 0.717) is 42.2 Å². The largest absolute Gasteiger partial charge is 0.340 e. The third kappa shape index (κ3) is 3.79. The number of fused-ring (bicyclic) bond motifs is 1. The second-order valence-corrected chi connectivity index (χ2v) is 8.09. The second kappa shape index (κ2) is 7.73. The molecule has 0 unspecified atom stereocenters. The number of H-pyrrole nitrogens is 1. The number of hydrogen-bond acceptors (Lipinski definition) is 7. The summed E-state index contributed by atoms with van der Waals surface area (Å²) in [5, 5.41) is 16.7. The van der Waals surface area contributed by atoms with Crippen LogP contribution in [0.4, 0.5) is 32.6 Å². The van der Waals surface area contributed by atoms with Crippen LogP contribution in [0.2, 0.25) is 0 Å². The fraction of sp³-hybridized carbons (Fsp3) is 0.286. The van der Waals surface area contributed by atoms with Crippen molar-refractivity contribution >= 4 is 35.1 Å². The number of hydrazine groups is 1. The number of aromatic nitrogens is 6. The van der Waals surface area contributed by atoms with Gasteiger partial charge in [0.25, 0.3) is 0 Å². The fourth-order valence-electron chi connectivity index (χ4n) is 3.90. The molecule has 1 aliphatic carbocycles. The Morgan fingerprint density at radius 3 is 2.91 bits per heavy atom. The van der Waals surface area contributed by atoms with Crippen molar-refractivity contribution in [2.45, 2.75) is 25.2 Å². The first-order valence-corrected chi connectivity index (χ1v) is 10.8. The number of carbonyl (C=O) groups is 1. The highest BCUT2D eigenvalue weighted by atomic mass is 19.1. The lowest BCUT2D eigenvalue weighted by molar-refractivity contribution is 0.217. The van der Waals surface area contributed by atoms with E-state index in [1.165, 1.54) is 31.2 Å². The van der Waals surface area contributed by atoms with Crippen LogP contribution >= 0.6 is 0 Å². The summed E-state index contributed by atoms with van der Waals surface area (Å²) in [7, 11) is 0. The van der Waals surface area contributed by atoms with Crippen LogP contribution in [0.25, 0.3) is 5.65 Å². The van der Waals surface area contributed by atoms with Crippen molar-refractivity contribution in [3.8, 4) is 0 Å². The van der Waals surface area contributed by atoms with E-state index < -0.39 is 5.95 Å². The molecule has 1 saturated heterocycles. The van der Waals surface area contributed by atoms with Crippen LogP contribution in [0.5, 0.6) is 0 Å². The summed E-state index contributed by atoms with van der Waals surface area (Å²) >= 11 is 0. The third-order valence-electron chi connectivity index (χ3n) is 5.69. The lowest BCUT2D eigenvalue weighted by Gasteiger charge is -2.28. The number of hydrogen-bond donors (Lipinski definition) is 3. The van der Waals surface area contributed by atoms with E-state index in [1.807, 2.05) is 28.8 Å². The average Bonchev–Trinajstić information content (AvgIpc) is 3.20. The van der Waals surface area contributed by atoms with Gasteiger partial charge in [0, 0.05) is 31.3 Å². The smallest absolute Gasteiger partial charge is 0.310 e. The minimum Gasteiger partial charge on any atom is -0.310 e. The first kappa shape index (κ1) is 19.5. The van der Waals surface area contributed by atoms with Gasteiger partial charge in [-0.05, 0) is 43.5 Å². The molecule has 2 amide bonds. The maximum Gasteiger partial charge on any atom is 0.340 e. The standard InChI is InChI=1S/C21H21FN10O/c22-16-7-6-14(12-23-16)24-21(33)32-10-2-9-31(32)20-26-18-3-1-8-30(18)19(27-20)25-17-11-15(28-29-17)13-4-5-13/h1,3,6-8,11-13H,2,4-5,9-10H2,(H,24,33)(H2,25,26,27,28,29). The summed E-state index contributed by atoms with van der Waals surface area (Å²) in [6, 6.07) is 8.06. The summed E-state index contributed by atoms with van der Waals surface area (Å²) in [5.41, 5.74) is 2.15. The molecule has 33 heavy (non-hydrogen) atoms. The first-order chi connectivity index (χ1) is 16.1. The Labute approximate surface area is 187 Å². The van der Waals surface area contributed by atoms with Crippen molar-refractivity contribution in [2.75, 3.05) is 28.7 Å². The predicted molar refractivity (Wildman–Crippen MR) is 119 cm³/mol. The Hall–Kier alpha value is -4.22. The summed E-state index contributed by atoms with van der Waals surface area (Å²) < 4.78 is 14.9. The molecule has 3 N–H and O–H groups in total. The monoisotopic (exact) mass is 448 g/mol. The molecule has 1 saturated carbocycles. The van der Waals surface area contributed by atoms with Gasteiger partial charge in [0.05, 0.1) is 17.6 Å². The predicted octanol–water partition coefficient (Wildman–Crippen LogP) is 3.27. The van der Waals surface area contributed by atoms with Crippen molar-refractivity contribution in [3.63, 3.8) is 0 Å². The van der Waals surface area contributed by atoms with Gasteiger partial charge in [-0.25, -0.2) is 19.8 Å². The van der Waals surface area contributed by atoms with Crippen LogP contribution < -0.4 is 15.6 Å². The second-order valence-electron chi connectivity index (χ2n) is 8.09. The molecule has 168 valence electrons. The van der Waals surface area contributed by atoms with Gasteiger partial charge in [-0.1, -0.05) is 0 Å². The van der Waals surface area contributed by atoms with Crippen LogP contribution in [0.3, 0.4) is 0 Å². The molecule has 0 spiro atoms. The summed E-state index contributed by atoms with van der Waals surface area (Å²) in [5.74, 6) is 1.64. The third-order valence-corrected chi connectivity index (χ3v) is 5.69. The van der Waals surface area contributed by atoms with Gasteiger partial charge in [-0.15, -0.1) is 0 Å². The van der Waals surface area contributed by atoms with Gasteiger partial charge in [-0.3, -0.25) is 9.50 Å². The summed E-state index contributed by atoms with van der Waals surface area (Å²) in [4.78, 5) is 25.8. The van der Waals surface area contributed by atoms with E-state index in [2.05, 4.69) is 30.8 Å². The molecule has 0 radical (unpaired) electrons. The van der Waals surface area contributed by atoms with E-state index in [4.69, 9.17) is 4.98 Å². The maximum atomic E-state index is 13.1. The van der Waals surface area contributed by atoms with E-state index in [9.17, 15) is 9.18 Å². The molecular formula is C21H21FN10O. The van der Waals surface area contributed by atoms with Gasteiger partial charge in [0.15, 0.2) is 0 Å². The van der Waals surface area contributed by atoms with Gasteiger partial charge < -0.3 is 10.6 Å². The molecule has 1 aliphatic heterocycles. The maximum absolute atomic E-state index is 13.1. The van der Waals surface area contributed by atoms with Crippen molar-refractivity contribution < 1.29 is 9.18 Å². The number of anilines is 4. The summed E-state index contributed by atoms with van der Waals surface area (Å²) in [6.45, 7) is 1.09. The zero-order valence-electron chi connectivity index (χ0n) is 17.6. The van der Waals surface area contributed by atoms with Crippen molar-refractivity contribution in [1.82, 2.24) is 34.6 Å². The number of nitrogens with one attached hydrogen (secondary N) is 3. The van der Waals surface area contributed by atoms with Crippen LogP contribution in [0, 0.1) is 5.95 Å². The van der Waals surface area contributed by atoms with Gasteiger partial charge in [0.1, 0.15) is 11.5 Å². The Bertz CT molecular complexity index is 1310. The number of urea groups is 1. The van der Waals surface area contributed by atoms with Crippen LogP contribution in [0.15, 0.2) is 42.7 Å². The highest BCUT2D eigenvalue weighted by Gasteiger charge is 2.30.